The van der Waals surface area contributed by atoms with Gasteiger partial charge in [0, 0.05) is 13.1 Å². The SMILES string of the molecule is CCCCN(CCO)C(=O)c1cnc(C)s1. The quantitative estimate of drug-likeness (QED) is 0.826. The third-order valence-electron chi connectivity index (χ3n) is 2.27. The predicted octanol–water partition coefficient (Wildman–Crippen LogP) is 1.69. The minimum Gasteiger partial charge on any atom is -0.395 e. The van der Waals surface area contributed by atoms with Crippen molar-refractivity contribution in [3.05, 3.63) is 16.1 Å². The van der Waals surface area contributed by atoms with Crippen molar-refractivity contribution in [3.8, 4) is 0 Å². The summed E-state index contributed by atoms with van der Waals surface area (Å²) in [6.45, 7) is 5.07. The van der Waals surface area contributed by atoms with Crippen molar-refractivity contribution >= 4 is 17.2 Å². The smallest absolute Gasteiger partial charge is 0.265 e. The Morgan fingerprint density at radius 3 is 2.81 bits per heavy atom. The maximum atomic E-state index is 12.0. The Bertz CT molecular complexity index is 338. The molecule has 0 aliphatic heterocycles. The highest BCUT2D eigenvalue weighted by Crippen LogP contribution is 2.14. The number of unbranched alkanes of at least 4 members (excludes halogenated alkanes) is 1. The van der Waals surface area contributed by atoms with Gasteiger partial charge in [-0.15, -0.1) is 11.3 Å². The second-order valence-electron chi connectivity index (χ2n) is 3.61. The second kappa shape index (κ2) is 6.60. The van der Waals surface area contributed by atoms with Crippen molar-refractivity contribution in [1.82, 2.24) is 9.88 Å². The predicted molar refractivity (Wildman–Crippen MR) is 64.7 cm³/mol. The van der Waals surface area contributed by atoms with E-state index in [-0.39, 0.29) is 12.5 Å². The third kappa shape index (κ3) is 3.57. The molecule has 1 rings (SSSR count). The normalized spacial score (nSPS) is 10.4. The molecule has 1 heterocycles. The van der Waals surface area contributed by atoms with Crippen LogP contribution in [0.15, 0.2) is 6.20 Å². The molecule has 0 unspecified atom stereocenters. The Morgan fingerprint density at radius 1 is 1.56 bits per heavy atom. The molecule has 1 N–H and O–H groups in total. The van der Waals surface area contributed by atoms with Gasteiger partial charge in [-0.1, -0.05) is 13.3 Å². The lowest BCUT2D eigenvalue weighted by molar-refractivity contribution is 0.0724. The summed E-state index contributed by atoms with van der Waals surface area (Å²) in [5.74, 6) is -0.0203. The highest BCUT2D eigenvalue weighted by atomic mass is 32.1. The first-order valence-corrected chi connectivity index (χ1v) is 6.33. The number of amides is 1. The number of rotatable bonds is 6. The number of aromatic nitrogens is 1. The Hall–Kier alpha value is -0.940. The van der Waals surface area contributed by atoms with Crippen molar-refractivity contribution in [2.45, 2.75) is 26.7 Å². The van der Waals surface area contributed by atoms with E-state index in [0.717, 1.165) is 17.8 Å². The molecule has 0 aliphatic rings. The summed E-state index contributed by atoms with van der Waals surface area (Å²) in [6, 6.07) is 0. The topological polar surface area (TPSA) is 53.4 Å². The van der Waals surface area contributed by atoms with Crippen LogP contribution < -0.4 is 0 Å². The van der Waals surface area contributed by atoms with Gasteiger partial charge in [0.05, 0.1) is 17.8 Å². The summed E-state index contributed by atoms with van der Waals surface area (Å²) in [5.41, 5.74) is 0. The molecule has 0 fully saturated rings. The van der Waals surface area contributed by atoms with Gasteiger partial charge in [-0.05, 0) is 13.3 Å². The average molecular weight is 242 g/mol. The number of nitrogens with zero attached hydrogens (tertiary/aromatic N) is 2. The molecule has 0 atom stereocenters. The minimum absolute atomic E-state index is 0.00718. The average Bonchev–Trinajstić information content (AvgIpc) is 2.70. The van der Waals surface area contributed by atoms with Gasteiger partial charge in [-0.25, -0.2) is 4.98 Å². The number of carbonyl (C=O) groups is 1. The van der Waals surface area contributed by atoms with Crippen LogP contribution in [0.4, 0.5) is 0 Å². The second-order valence-corrected chi connectivity index (χ2v) is 4.85. The van der Waals surface area contributed by atoms with Crippen LogP contribution in [0.3, 0.4) is 0 Å². The van der Waals surface area contributed by atoms with E-state index in [0.29, 0.717) is 18.0 Å². The Labute approximate surface area is 99.9 Å². The van der Waals surface area contributed by atoms with Gasteiger partial charge in [-0.2, -0.15) is 0 Å². The van der Waals surface area contributed by atoms with E-state index in [9.17, 15) is 4.79 Å². The molecule has 0 radical (unpaired) electrons. The summed E-state index contributed by atoms with van der Waals surface area (Å²) >= 11 is 1.40. The maximum Gasteiger partial charge on any atom is 0.265 e. The summed E-state index contributed by atoms with van der Waals surface area (Å²) in [5, 5.41) is 9.82. The zero-order chi connectivity index (χ0) is 12.0. The van der Waals surface area contributed by atoms with Crippen LogP contribution >= 0.6 is 11.3 Å². The molecule has 16 heavy (non-hydrogen) atoms. The third-order valence-corrected chi connectivity index (χ3v) is 3.17. The van der Waals surface area contributed by atoms with Crippen molar-refractivity contribution < 1.29 is 9.90 Å². The lowest BCUT2D eigenvalue weighted by Crippen LogP contribution is -2.33. The standard InChI is InChI=1S/C11H18N2O2S/c1-3-4-5-13(6-7-14)11(15)10-8-12-9(2)16-10/h8,14H,3-7H2,1-2H3. The first kappa shape index (κ1) is 13.1. The van der Waals surface area contributed by atoms with Crippen molar-refractivity contribution in [1.29, 1.82) is 0 Å². The maximum absolute atomic E-state index is 12.0. The monoisotopic (exact) mass is 242 g/mol. The van der Waals surface area contributed by atoms with Gasteiger partial charge in [-0.3, -0.25) is 4.79 Å². The van der Waals surface area contributed by atoms with Crippen LogP contribution in [0.5, 0.6) is 0 Å². The molecule has 0 aromatic carbocycles. The molecule has 0 spiro atoms. The van der Waals surface area contributed by atoms with Gasteiger partial charge in [0.15, 0.2) is 0 Å². The molecule has 0 saturated carbocycles. The van der Waals surface area contributed by atoms with Gasteiger partial charge < -0.3 is 10.0 Å². The number of aryl methyl sites for hydroxylation is 1. The van der Waals surface area contributed by atoms with Gasteiger partial charge in [0.25, 0.3) is 5.91 Å². The van der Waals surface area contributed by atoms with Gasteiger partial charge in [0.1, 0.15) is 4.88 Å². The first-order valence-electron chi connectivity index (χ1n) is 5.51. The van der Waals surface area contributed by atoms with Gasteiger partial charge >= 0.3 is 0 Å². The highest BCUT2D eigenvalue weighted by molar-refractivity contribution is 7.13. The number of hydrogen-bond donors (Lipinski definition) is 1. The summed E-state index contributed by atoms with van der Waals surface area (Å²) in [7, 11) is 0. The van der Waals surface area contributed by atoms with Crippen LogP contribution in [0.1, 0.15) is 34.4 Å². The Morgan fingerprint density at radius 2 is 2.31 bits per heavy atom. The minimum atomic E-state index is -0.0203. The van der Waals surface area contributed by atoms with E-state index in [1.807, 2.05) is 6.92 Å². The number of thiazole rings is 1. The highest BCUT2D eigenvalue weighted by Gasteiger charge is 2.16. The zero-order valence-corrected chi connectivity index (χ0v) is 10.6. The van der Waals surface area contributed by atoms with Crippen LogP contribution in [0.25, 0.3) is 0 Å². The molecule has 4 nitrogen and oxygen atoms in total. The Kier molecular flexibility index (Phi) is 5.42. The Balaban J connectivity index is 2.66. The number of hydrogen-bond acceptors (Lipinski definition) is 4. The molecule has 5 heteroatoms. The van der Waals surface area contributed by atoms with Crippen LogP contribution in [-0.4, -0.2) is 40.6 Å². The summed E-state index contributed by atoms with van der Waals surface area (Å²) in [6.07, 6.45) is 3.61. The first-order chi connectivity index (χ1) is 7.69. The lowest BCUT2D eigenvalue weighted by atomic mass is 10.3. The van der Waals surface area contributed by atoms with E-state index in [1.54, 1.807) is 11.1 Å². The molecular weight excluding hydrogens is 224 g/mol. The lowest BCUT2D eigenvalue weighted by Gasteiger charge is -2.20. The molecule has 90 valence electrons. The van der Waals surface area contributed by atoms with Crippen LogP contribution in [-0.2, 0) is 0 Å². The fourth-order valence-electron chi connectivity index (χ4n) is 1.40. The van der Waals surface area contributed by atoms with Gasteiger partial charge in [0.2, 0.25) is 0 Å². The fourth-order valence-corrected chi connectivity index (χ4v) is 2.15. The molecule has 0 bridgehead atoms. The van der Waals surface area contributed by atoms with Crippen molar-refractivity contribution in [2.24, 2.45) is 0 Å². The summed E-state index contributed by atoms with van der Waals surface area (Å²) in [4.78, 5) is 18.5. The molecule has 1 aromatic heterocycles. The van der Waals surface area contributed by atoms with Crippen molar-refractivity contribution in [2.75, 3.05) is 19.7 Å². The summed E-state index contributed by atoms with van der Waals surface area (Å²) < 4.78 is 0. The number of aliphatic hydroxyl groups is 1. The largest absolute Gasteiger partial charge is 0.395 e. The molecular formula is C11H18N2O2S. The zero-order valence-electron chi connectivity index (χ0n) is 9.77. The molecule has 0 saturated heterocycles. The molecule has 1 aromatic rings. The van der Waals surface area contributed by atoms with Crippen molar-refractivity contribution in [3.63, 3.8) is 0 Å². The van der Waals surface area contributed by atoms with E-state index >= 15 is 0 Å². The molecule has 0 aliphatic carbocycles. The van der Waals surface area contributed by atoms with E-state index in [2.05, 4.69) is 11.9 Å². The van der Waals surface area contributed by atoms with Crippen LogP contribution in [0, 0.1) is 6.92 Å². The fraction of sp³-hybridized carbons (Fsp3) is 0.636. The molecule has 1 amide bonds. The van der Waals surface area contributed by atoms with E-state index in [4.69, 9.17) is 5.11 Å². The van der Waals surface area contributed by atoms with Crippen LogP contribution in [0.2, 0.25) is 0 Å². The van der Waals surface area contributed by atoms with E-state index < -0.39 is 0 Å². The van der Waals surface area contributed by atoms with E-state index in [1.165, 1.54) is 11.3 Å². The number of carbonyl (C=O) groups excluding carboxylic acids is 1. The number of aliphatic hydroxyl groups excluding tert-OH is 1.